The van der Waals surface area contributed by atoms with Crippen molar-refractivity contribution in [3.05, 3.63) is 47.9 Å². The Kier molecular flexibility index (Phi) is 3.12. The molecule has 0 fully saturated rings. The first kappa shape index (κ1) is 10.6. The highest BCUT2D eigenvalue weighted by atomic mass is 16.5. The third-order valence-electron chi connectivity index (χ3n) is 2.13. The van der Waals surface area contributed by atoms with Crippen molar-refractivity contribution in [2.45, 2.75) is 13.5 Å². The second kappa shape index (κ2) is 4.72. The molecule has 16 heavy (non-hydrogen) atoms. The normalized spacial score (nSPS) is 10.1. The number of aromatic nitrogens is 2. The lowest BCUT2D eigenvalue weighted by molar-refractivity contribution is 0.281. The largest absolute Gasteiger partial charge is 0.437 e. The highest BCUT2D eigenvalue weighted by molar-refractivity contribution is 5.32. The third-order valence-corrected chi connectivity index (χ3v) is 2.13. The summed E-state index contributed by atoms with van der Waals surface area (Å²) in [5, 5.41) is 9.00. The van der Waals surface area contributed by atoms with Crippen LogP contribution in [0.4, 0.5) is 0 Å². The van der Waals surface area contributed by atoms with Crippen molar-refractivity contribution in [3.8, 4) is 11.6 Å². The fourth-order valence-electron chi connectivity index (χ4n) is 1.31. The van der Waals surface area contributed by atoms with Gasteiger partial charge in [0.2, 0.25) is 5.88 Å². The fraction of sp³-hybridized carbons (Fsp3) is 0.167. The summed E-state index contributed by atoms with van der Waals surface area (Å²) in [6, 6.07) is 7.24. The summed E-state index contributed by atoms with van der Waals surface area (Å²) in [5.74, 6) is 1.13. The molecular weight excluding hydrogens is 204 g/mol. The van der Waals surface area contributed by atoms with E-state index < -0.39 is 0 Å². The van der Waals surface area contributed by atoms with E-state index in [0.29, 0.717) is 11.6 Å². The molecule has 1 aromatic heterocycles. The average molecular weight is 216 g/mol. The molecule has 82 valence electrons. The second-order valence-electron chi connectivity index (χ2n) is 3.35. The highest BCUT2D eigenvalue weighted by Gasteiger charge is 2.03. The maximum Gasteiger partial charge on any atom is 0.240 e. The minimum absolute atomic E-state index is 0.00332. The molecule has 0 amide bonds. The molecule has 1 aromatic carbocycles. The van der Waals surface area contributed by atoms with E-state index >= 15 is 0 Å². The molecule has 0 saturated carbocycles. The maximum absolute atomic E-state index is 9.00. The molecule has 2 aromatic rings. The number of hydrogen-bond acceptors (Lipinski definition) is 4. The zero-order valence-corrected chi connectivity index (χ0v) is 8.92. The molecule has 1 heterocycles. The lowest BCUT2D eigenvalue weighted by atomic mass is 10.2. The fourth-order valence-corrected chi connectivity index (χ4v) is 1.31. The van der Waals surface area contributed by atoms with Crippen molar-refractivity contribution in [2.75, 3.05) is 0 Å². The zero-order chi connectivity index (χ0) is 11.4. The van der Waals surface area contributed by atoms with E-state index in [1.54, 1.807) is 18.5 Å². The van der Waals surface area contributed by atoms with Crippen LogP contribution in [0.2, 0.25) is 0 Å². The third kappa shape index (κ3) is 2.35. The lowest BCUT2D eigenvalue weighted by Gasteiger charge is -2.06. The van der Waals surface area contributed by atoms with Crippen molar-refractivity contribution >= 4 is 0 Å². The molecule has 0 saturated heterocycles. The quantitative estimate of drug-likeness (QED) is 0.853. The summed E-state index contributed by atoms with van der Waals surface area (Å²) < 4.78 is 5.57. The lowest BCUT2D eigenvalue weighted by Crippen LogP contribution is -1.93. The molecule has 0 radical (unpaired) electrons. The van der Waals surface area contributed by atoms with Crippen molar-refractivity contribution in [1.29, 1.82) is 0 Å². The van der Waals surface area contributed by atoms with E-state index in [1.165, 1.54) is 0 Å². The van der Waals surface area contributed by atoms with Gasteiger partial charge in [-0.2, -0.15) is 0 Å². The van der Waals surface area contributed by atoms with E-state index in [1.807, 2.05) is 25.1 Å². The zero-order valence-electron chi connectivity index (χ0n) is 8.92. The molecule has 0 aliphatic heterocycles. The Hall–Kier alpha value is -1.94. The number of aliphatic hydroxyl groups is 1. The summed E-state index contributed by atoms with van der Waals surface area (Å²) in [7, 11) is 0. The molecule has 0 bridgehead atoms. The van der Waals surface area contributed by atoms with Crippen molar-refractivity contribution < 1.29 is 9.84 Å². The van der Waals surface area contributed by atoms with Crippen LogP contribution in [0.3, 0.4) is 0 Å². The van der Waals surface area contributed by atoms with Gasteiger partial charge in [-0.3, -0.25) is 4.98 Å². The van der Waals surface area contributed by atoms with Crippen LogP contribution in [-0.4, -0.2) is 15.1 Å². The van der Waals surface area contributed by atoms with Gasteiger partial charge in [-0.25, -0.2) is 4.98 Å². The number of nitrogens with zero attached hydrogens (tertiary/aromatic N) is 2. The van der Waals surface area contributed by atoms with Crippen LogP contribution in [0, 0.1) is 6.92 Å². The predicted molar refractivity (Wildman–Crippen MR) is 59.2 cm³/mol. The topological polar surface area (TPSA) is 55.2 Å². The number of aryl methyl sites for hydroxylation is 1. The maximum atomic E-state index is 9.00. The van der Waals surface area contributed by atoms with Gasteiger partial charge in [0, 0.05) is 12.4 Å². The molecule has 0 atom stereocenters. The number of ether oxygens (including phenoxy) is 1. The molecule has 4 heteroatoms. The van der Waals surface area contributed by atoms with Gasteiger partial charge in [0.25, 0.3) is 0 Å². The standard InChI is InChI=1S/C12H12N2O2/c1-9-12(14-6-5-13-9)16-11-4-2-3-10(7-11)8-15/h2-7,15H,8H2,1H3. The smallest absolute Gasteiger partial charge is 0.240 e. The van der Waals surface area contributed by atoms with E-state index in [9.17, 15) is 0 Å². The van der Waals surface area contributed by atoms with Crippen LogP contribution < -0.4 is 4.74 Å². The Morgan fingerprint density at radius 2 is 2.06 bits per heavy atom. The summed E-state index contributed by atoms with van der Waals surface area (Å²) in [5.41, 5.74) is 1.54. The highest BCUT2D eigenvalue weighted by Crippen LogP contribution is 2.21. The van der Waals surface area contributed by atoms with Crippen LogP contribution >= 0.6 is 0 Å². The molecule has 4 nitrogen and oxygen atoms in total. The van der Waals surface area contributed by atoms with Gasteiger partial charge >= 0.3 is 0 Å². The predicted octanol–water partition coefficient (Wildman–Crippen LogP) is 2.07. The Balaban J connectivity index is 2.24. The first-order chi connectivity index (χ1) is 7.79. The summed E-state index contributed by atoms with van der Waals surface area (Å²) >= 11 is 0. The monoisotopic (exact) mass is 216 g/mol. The Morgan fingerprint density at radius 3 is 2.81 bits per heavy atom. The van der Waals surface area contributed by atoms with E-state index in [4.69, 9.17) is 9.84 Å². The van der Waals surface area contributed by atoms with Gasteiger partial charge in [0.15, 0.2) is 0 Å². The number of rotatable bonds is 3. The molecule has 1 N–H and O–H groups in total. The van der Waals surface area contributed by atoms with Crippen LogP contribution in [0.25, 0.3) is 0 Å². The SMILES string of the molecule is Cc1nccnc1Oc1cccc(CO)c1. The van der Waals surface area contributed by atoms with Gasteiger partial charge in [-0.05, 0) is 24.6 Å². The van der Waals surface area contributed by atoms with Crippen molar-refractivity contribution in [3.63, 3.8) is 0 Å². The van der Waals surface area contributed by atoms with Crippen LogP contribution in [-0.2, 0) is 6.61 Å². The van der Waals surface area contributed by atoms with Crippen molar-refractivity contribution in [1.82, 2.24) is 9.97 Å². The average Bonchev–Trinajstić information content (AvgIpc) is 2.32. The van der Waals surface area contributed by atoms with Crippen LogP contribution in [0.1, 0.15) is 11.3 Å². The van der Waals surface area contributed by atoms with Gasteiger partial charge in [0.05, 0.1) is 12.3 Å². The molecule has 0 aliphatic rings. The Morgan fingerprint density at radius 1 is 1.25 bits per heavy atom. The number of hydrogen-bond donors (Lipinski definition) is 1. The Bertz CT molecular complexity index is 486. The Labute approximate surface area is 93.6 Å². The minimum Gasteiger partial charge on any atom is -0.437 e. The van der Waals surface area contributed by atoms with Gasteiger partial charge < -0.3 is 9.84 Å². The summed E-state index contributed by atoms with van der Waals surface area (Å²) in [6.45, 7) is 1.83. The summed E-state index contributed by atoms with van der Waals surface area (Å²) in [6.07, 6.45) is 3.20. The molecule has 2 rings (SSSR count). The molecule has 0 aliphatic carbocycles. The van der Waals surface area contributed by atoms with Gasteiger partial charge in [0.1, 0.15) is 5.75 Å². The molecule has 0 unspecified atom stereocenters. The molecule has 0 spiro atoms. The molecular formula is C12H12N2O2. The van der Waals surface area contributed by atoms with E-state index in [2.05, 4.69) is 9.97 Å². The first-order valence-electron chi connectivity index (χ1n) is 4.95. The number of aliphatic hydroxyl groups excluding tert-OH is 1. The first-order valence-corrected chi connectivity index (χ1v) is 4.95. The van der Waals surface area contributed by atoms with Gasteiger partial charge in [-0.1, -0.05) is 12.1 Å². The van der Waals surface area contributed by atoms with E-state index in [0.717, 1.165) is 11.3 Å². The summed E-state index contributed by atoms with van der Waals surface area (Å²) in [4.78, 5) is 8.16. The van der Waals surface area contributed by atoms with Crippen LogP contribution in [0.5, 0.6) is 11.6 Å². The minimum atomic E-state index is -0.00332. The van der Waals surface area contributed by atoms with Gasteiger partial charge in [-0.15, -0.1) is 0 Å². The van der Waals surface area contributed by atoms with Crippen LogP contribution in [0.15, 0.2) is 36.7 Å². The number of benzene rings is 1. The van der Waals surface area contributed by atoms with Crippen molar-refractivity contribution in [2.24, 2.45) is 0 Å². The van der Waals surface area contributed by atoms with E-state index in [-0.39, 0.29) is 6.61 Å². The second-order valence-corrected chi connectivity index (χ2v) is 3.35.